The van der Waals surface area contributed by atoms with Crippen LogP contribution < -0.4 is 10.1 Å². The predicted octanol–water partition coefficient (Wildman–Crippen LogP) is 1.96. The minimum Gasteiger partial charge on any atom is -0.493 e. The van der Waals surface area contributed by atoms with Crippen molar-refractivity contribution in [1.82, 2.24) is 20.3 Å². The van der Waals surface area contributed by atoms with Crippen LogP contribution in [0.5, 0.6) is 5.75 Å². The number of hydrogen-bond donors (Lipinski definition) is 1. The molecule has 1 N–H and O–H groups in total. The second kappa shape index (κ2) is 6.72. The normalized spacial score (nSPS) is 13.2. The molecule has 21 heavy (non-hydrogen) atoms. The largest absolute Gasteiger partial charge is 0.493 e. The average Bonchev–Trinajstić information content (AvgIpc) is 3.13. The first-order valence-electron chi connectivity index (χ1n) is 7.69. The molecule has 112 valence electrons. The Morgan fingerprint density at radius 2 is 2.33 bits per heavy atom. The summed E-state index contributed by atoms with van der Waals surface area (Å²) in [5, 5.41) is 11.7. The molecule has 0 radical (unpaired) electrons. The van der Waals surface area contributed by atoms with Crippen LogP contribution in [0.25, 0.3) is 0 Å². The number of aromatic nitrogens is 3. The van der Waals surface area contributed by atoms with Crippen molar-refractivity contribution in [3.05, 3.63) is 41.2 Å². The molecule has 0 spiro atoms. The van der Waals surface area contributed by atoms with Crippen molar-refractivity contribution in [2.75, 3.05) is 13.2 Å². The Morgan fingerprint density at radius 1 is 1.38 bits per heavy atom. The molecule has 0 atom stereocenters. The molecular weight excluding hydrogens is 264 g/mol. The summed E-state index contributed by atoms with van der Waals surface area (Å²) in [5.74, 6) is 1.05. The van der Waals surface area contributed by atoms with E-state index in [4.69, 9.17) is 4.74 Å². The van der Waals surface area contributed by atoms with Gasteiger partial charge in [0, 0.05) is 25.7 Å². The molecule has 0 saturated carbocycles. The molecule has 3 rings (SSSR count). The Hall–Kier alpha value is -1.88. The van der Waals surface area contributed by atoms with Gasteiger partial charge in [-0.1, -0.05) is 24.3 Å². The first-order chi connectivity index (χ1) is 10.3. The van der Waals surface area contributed by atoms with Crippen LogP contribution in [0, 0.1) is 0 Å². The third kappa shape index (κ3) is 3.61. The zero-order valence-corrected chi connectivity index (χ0v) is 12.5. The second-order valence-corrected chi connectivity index (χ2v) is 5.44. The molecule has 5 heteroatoms. The van der Waals surface area contributed by atoms with E-state index < -0.39 is 0 Å². The Morgan fingerprint density at radius 3 is 3.24 bits per heavy atom. The monoisotopic (exact) mass is 286 g/mol. The minimum absolute atomic E-state index is 0.796. The van der Waals surface area contributed by atoms with E-state index in [0.29, 0.717) is 0 Å². The van der Waals surface area contributed by atoms with E-state index in [2.05, 4.69) is 40.8 Å². The third-order valence-corrected chi connectivity index (χ3v) is 3.70. The van der Waals surface area contributed by atoms with Crippen molar-refractivity contribution in [1.29, 1.82) is 0 Å². The first-order valence-corrected chi connectivity index (χ1v) is 7.69. The molecular formula is C16H22N4O. The maximum Gasteiger partial charge on any atom is 0.122 e. The van der Waals surface area contributed by atoms with Crippen LogP contribution in [0.3, 0.4) is 0 Å². The van der Waals surface area contributed by atoms with Gasteiger partial charge in [-0.25, -0.2) is 0 Å². The molecule has 0 fully saturated rings. The Kier molecular flexibility index (Phi) is 4.50. The smallest absolute Gasteiger partial charge is 0.122 e. The van der Waals surface area contributed by atoms with Gasteiger partial charge in [0.2, 0.25) is 0 Å². The van der Waals surface area contributed by atoms with Crippen LogP contribution in [0.2, 0.25) is 0 Å². The quantitative estimate of drug-likeness (QED) is 0.791. The molecule has 1 aromatic carbocycles. The highest BCUT2D eigenvalue weighted by molar-refractivity contribution is 5.39. The van der Waals surface area contributed by atoms with Crippen LogP contribution in [-0.4, -0.2) is 28.1 Å². The standard InChI is InChI=1S/C16H22N4O/c1-2-7-17-11-15-12-20(19-18-15)8-5-13-3-4-16-14(10-13)6-9-21-16/h3-4,10,12,17H,2,5-9,11H2,1H3. The highest BCUT2D eigenvalue weighted by Gasteiger charge is 2.11. The fourth-order valence-electron chi connectivity index (χ4n) is 2.56. The number of rotatable bonds is 7. The number of hydrogen-bond acceptors (Lipinski definition) is 4. The second-order valence-electron chi connectivity index (χ2n) is 5.44. The van der Waals surface area contributed by atoms with E-state index in [1.807, 2.05) is 10.9 Å². The molecule has 5 nitrogen and oxygen atoms in total. The van der Waals surface area contributed by atoms with Gasteiger partial charge in [0.1, 0.15) is 5.75 Å². The first kappa shape index (κ1) is 14.1. The highest BCUT2D eigenvalue weighted by Crippen LogP contribution is 2.26. The van der Waals surface area contributed by atoms with E-state index in [9.17, 15) is 0 Å². The molecule has 0 bridgehead atoms. The fraction of sp³-hybridized carbons (Fsp3) is 0.500. The van der Waals surface area contributed by atoms with Crippen LogP contribution in [0.15, 0.2) is 24.4 Å². The summed E-state index contributed by atoms with van der Waals surface area (Å²) in [4.78, 5) is 0. The maximum atomic E-state index is 5.53. The van der Waals surface area contributed by atoms with Crippen molar-refractivity contribution in [2.45, 2.75) is 39.3 Å². The van der Waals surface area contributed by atoms with Crippen LogP contribution in [-0.2, 0) is 25.9 Å². The predicted molar refractivity (Wildman–Crippen MR) is 81.4 cm³/mol. The van der Waals surface area contributed by atoms with Gasteiger partial charge in [-0.15, -0.1) is 5.10 Å². The number of aryl methyl sites for hydroxylation is 2. The van der Waals surface area contributed by atoms with Crippen molar-refractivity contribution >= 4 is 0 Å². The lowest BCUT2D eigenvalue weighted by Gasteiger charge is -2.04. The Labute approximate surface area is 125 Å². The van der Waals surface area contributed by atoms with E-state index >= 15 is 0 Å². The lowest BCUT2D eigenvalue weighted by atomic mass is 10.1. The van der Waals surface area contributed by atoms with Crippen molar-refractivity contribution in [3.8, 4) is 5.75 Å². The molecule has 0 unspecified atom stereocenters. The van der Waals surface area contributed by atoms with Crippen molar-refractivity contribution in [2.24, 2.45) is 0 Å². The molecule has 1 aliphatic rings. The zero-order valence-electron chi connectivity index (χ0n) is 12.5. The van der Waals surface area contributed by atoms with Gasteiger partial charge in [-0.05, 0) is 36.6 Å². The summed E-state index contributed by atoms with van der Waals surface area (Å²) in [7, 11) is 0. The van der Waals surface area contributed by atoms with Gasteiger partial charge < -0.3 is 10.1 Å². The third-order valence-electron chi connectivity index (χ3n) is 3.70. The van der Waals surface area contributed by atoms with Gasteiger partial charge >= 0.3 is 0 Å². The van der Waals surface area contributed by atoms with E-state index in [1.54, 1.807) is 0 Å². The molecule has 2 aromatic rings. The Balaban J connectivity index is 1.53. The van der Waals surface area contributed by atoms with E-state index in [-0.39, 0.29) is 0 Å². The van der Waals surface area contributed by atoms with Gasteiger partial charge in [-0.3, -0.25) is 4.68 Å². The lowest BCUT2D eigenvalue weighted by Crippen LogP contribution is -2.13. The number of fused-ring (bicyclic) bond motifs is 1. The summed E-state index contributed by atoms with van der Waals surface area (Å²) in [6.45, 7) is 5.65. The summed E-state index contributed by atoms with van der Waals surface area (Å²) >= 11 is 0. The number of ether oxygens (including phenoxy) is 1. The fourth-order valence-corrected chi connectivity index (χ4v) is 2.56. The summed E-state index contributed by atoms with van der Waals surface area (Å²) in [6, 6.07) is 6.48. The minimum atomic E-state index is 0.796. The molecule has 1 aromatic heterocycles. The molecule has 0 amide bonds. The lowest BCUT2D eigenvalue weighted by molar-refractivity contribution is 0.357. The number of benzene rings is 1. The Bertz CT molecular complexity index is 594. The highest BCUT2D eigenvalue weighted by atomic mass is 16.5. The molecule has 2 heterocycles. The molecule has 0 saturated heterocycles. The SMILES string of the molecule is CCCNCc1cn(CCc2ccc3c(c2)CCO3)nn1. The van der Waals surface area contributed by atoms with Crippen molar-refractivity contribution < 1.29 is 4.74 Å². The van der Waals surface area contributed by atoms with Gasteiger partial charge in [0.05, 0.1) is 12.3 Å². The summed E-state index contributed by atoms with van der Waals surface area (Å²) in [6.07, 6.45) is 5.16. The summed E-state index contributed by atoms with van der Waals surface area (Å²) < 4.78 is 7.46. The van der Waals surface area contributed by atoms with E-state index in [1.165, 1.54) is 11.1 Å². The van der Waals surface area contributed by atoms with Crippen LogP contribution in [0.1, 0.15) is 30.2 Å². The topological polar surface area (TPSA) is 52.0 Å². The van der Waals surface area contributed by atoms with Gasteiger partial charge in [-0.2, -0.15) is 0 Å². The van der Waals surface area contributed by atoms with Crippen LogP contribution in [0.4, 0.5) is 0 Å². The summed E-state index contributed by atoms with van der Waals surface area (Å²) in [5.41, 5.74) is 3.67. The molecule has 0 aliphatic carbocycles. The van der Waals surface area contributed by atoms with Gasteiger partial charge in [0.25, 0.3) is 0 Å². The van der Waals surface area contributed by atoms with E-state index in [0.717, 1.165) is 56.9 Å². The van der Waals surface area contributed by atoms with Crippen molar-refractivity contribution in [3.63, 3.8) is 0 Å². The van der Waals surface area contributed by atoms with Gasteiger partial charge in [0.15, 0.2) is 0 Å². The average molecular weight is 286 g/mol. The van der Waals surface area contributed by atoms with Crippen LogP contribution >= 0.6 is 0 Å². The number of nitrogens with one attached hydrogen (secondary N) is 1. The number of nitrogens with zero attached hydrogens (tertiary/aromatic N) is 3. The molecule has 1 aliphatic heterocycles. The zero-order chi connectivity index (χ0) is 14.5. The maximum absolute atomic E-state index is 5.53.